The van der Waals surface area contributed by atoms with E-state index in [1.54, 1.807) is 0 Å². The highest BCUT2D eigenvalue weighted by Gasteiger charge is 2.34. The third-order valence-electron chi connectivity index (χ3n) is 5.55. The Morgan fingerprint density at radius 1 is 1.19 bits per heavy atom. The molecule has 2 aromatic rings. The molecule has 0 atom stereocenters. The maximum absolute atomic E-state index is 12.7. The Bertz CT molecular complexity index is 791. The van der Waals surface area contributed by atoms with Crippen molar-refractivity contribution in [1.29, 1.82) is 0 Å². The van der Waals surface area contributed by atoms with E-state index < -0.39 is 0 Å². The molecule has 2 heterocycles. The molecule has 1 aromatic heterocycles. The van der Waals surface area contributed by atoms with Crippen LogP contribution in [-0.4, -0.2) is 52.0 Å². The van der Waals surface area contributed by atoms with Crippen molar-refractivity contribution < 1.29 is 4.79 Å². The lowest BCUT2D eigenvalue weighted by molar-refractivity contribution is 0.0938. The molecule has 1 saturated carbocycles. The van der Waals surface area contributed by atoms with Crippen LogP contribution in [0.5, 0.6) is 0 Å². The average Bonchev–Trinajstić information content (AvgIpc) is 3.42. The summed E-state index contributed by atoms with van der Waals surface area (Å²) in [6.45, 7) is 6.13. The molecule has 1 amide bonds. The van der Waals surface area contributed by atoms with E-state index in [4.69, 9.17) is 0 Å². The van der Waals surface area contributed by atoms with E-state index in [0.29, 0.717) is 18.2 Å². The van der Waals surface area contributed by atoms with Crippen molar-refractivity contribution in [3.63, 3.8) is 0 Å². The molecule has 0 bridgehead atoms. The minimum absolute atomic E-state index is 0.106. The molecule has 4 rings (SSSR count). The van der Waals surface area contributed by atoms with E-state index in [2.05, 4.69) is 43.4 Å². The number of amides is 1. The van der Waals surface area contributed by atoms with Gasteiger partial charge in [0.2, 0.25) is 0 Å². The zero-order chi connectivity index (χ0) is 18.8. The van der Waals surface area contributed by atoms with Crippen LogP contribution in [0.4, 0.5) is 0 Å². The predicted octanol–water partition coefficient (Wildman–Crippen LogP) is 3.37. The smallest absolute Gasteiger partial charge is 0.273 e. The molecule has 27 heavy (non-hydrogen) atoms. The molecule has 2 aliphatic rings. The number of benzene rings is 1. The number of carbonyl (C=O) groups excluding carboxylic acids is 1. The second-order valence-corrected chi connectivity index (χ2v) is 8.68. The summed E-state index contributed by atoms with van der Waals surface area (Å²) in [7, 11) is 0. The van der Waals surface area contributed by atoms with Crippen molar-refractivity contribution in [1.82, 2.24) is 25.2 Å². The monoisotopic (exact) mass is 431 g/mol. The first-order chi connectivity index (χ1) is 13.1. The van der Waals surface area contributed by atoms with E-state index >= 15 is 0 Å². The first-order valence-electron chi connectivity index (χ1n) is 9.84. The van der Waals surface area contributed by atoms with E-state index in [1.165, 1.54) is 12.8 Å². The summed E-state index contributed by atoms with van der Waals surface area (Å²) in [5.74, 6) is 1.10. The number of nitrogens with one attached hydrogen (secondary N) is 1. The van der Waals surface area contributed by atoms with Crippen LogP contribution in [0.1, 0.15) is 54.7 Å². The standard InChI is InChI=1S/C20H26BrN5O/c1-14-8-11-25(12-9-14)13-10-22-20(27)18-19(15-2-3-15)26(24-23-18)17-6-4-16(21)5-7-17/h4-7,14-15H,2-3,8-13H2,1H3,(H,22,27). The van der Waals surface area contributed by atoms with E-state index in [1.807, 2.05) is 28.9 Å². The number of carbonyl (C=O) groups is 1. The lowest BCUT2D eigenvalue weighted by Crippen LogP contribution is -2.39. The molecule has 0 radical (unpaired) electrons. The van der Waals surface area contributed by atoms with Crippen molar-refractivity contribution in [2.24, 2.45) is 5.92 Å². The molecular weight excluding hydrogens is 406 g/mol. The lowest BCUT2D eigenvalue weighted by Gasteiger charge is -2.30. The summed E-state index contributed by atoms with van der Waals surface area (Å²) in [5, 5.41) is 11.6. The molecule has 1 N–H and O–H groups in total. The molecule has 7 heteroatoms. The van der Waals surface area contributed by atoms with Gasteiger partial charge >= 0.3 is 0 Å². The maximum Gasteiger partial charge on any atom is 0.273 e. The number of hydrogen-bond donors (Lipinski definition) is 1. The average molecular weight is 432 g/mol. The zero-order valence-corrected chi connectivity index (χ0v) is 17.3. The highest BCUT2D eigenvalue weighted by atomic mass is 79.9. The molecular formula is C20H26BrN5O. The number of likely N-dealkylation sites (tertiary alicyclic amines) is 1. The van der Waals surface area contributed by atoms with Crippen molar-refractivity contribution in [3.05, 3.63) is 40.1 Å². The summed E-state index contributed by atoms with van der Waals surface area (Å²) in [6.07, 6.45) is 4.69. The molecule has 0 spiro atoms. The van der Waals surface area contributed by atoms with Gasteiger partial charge in [0.25, 0.3) is 5.91 Å². The fourth-order valence-corrected chi connectivity index (χ4v) is 3.91. The van der Waals surface area contributed by atoms with E-state index in [0.717, 1.165) is 54.2 Å². The van der Waals surface area contributed by atoms with E-state index in [-0.39, 0.29) is 5.91 Å². The van der Waals surface area contributed by atoms with Crippen LogP contribution in [0.2, 0.25) is 0 Å². The van der Waals surface area contributed by atoms with Gasteiger partial charge in [-0.3, -0.25) is 4.79 Å². The highest BCUT2D eigenvalue weighted by Crippen LogP contribution is 2.42. The number of hydrogen-bond acceptors (Lipinski definition) is 4. The van der Waals surface area contributed by atoms with Crippen molar-refractivity contribution >= 4 is 21.8 Å². The molecule has 1 aromatic carbocycles. The van der Waals surface area contributed by atoms with Crippen molar-refractivity contribution in [2.45, 2.75) is 38.5 Å². The molecule has 0 unspecified atom stereocenters. The maximum atomic E-state index is 12.7. The van der Waals surface area contributed by atoms with Crippen LogP contribution < -0.4 is 5.32 Å². The van der Waals surface area contributed by atoms with Crippen LogP contribution in [0, 0.1) is 5.92 Å². The number of piperidine rings is 1. The first kappa shape index (κ1) is 18.6. The highest BCUT2D eigenvalue weighted by molar-refractivity contribution is 9.10. The summed E-state index contributed by atoms with van der Waals surface area (Å²) < 4.78 is 2.84. The van der Waals surface area contributed by atoms with Gasteiger partial charge in [0.15, 0.2) is 5.69 Å². The molecule has 1 saturated heterocycles. The van der Waals surface area contributed by atoms with Gasteiger partial charge in [0.1, 0.15) is 0 Å². The second kappa shape index (κ2) is 8.10. The molecule has 144 valence electrons. The third kappa shape index (κ3) is 4.41. The number of aromatic nitrogens is 3. The van der Waals surface area contributed by atoms with Crippen LogP contribution in [0.15, 0.2) is 28.7 Å². The summed E-state index contributed by atoms with van der Waals surface area (Å²) in [4.78, 5) is 15.2. The molecule has 2 fully saturated rings. The van der Waals surface area contributed by atoms with Gasteiger partial charge in [0, 0.05) is 23.5 Å². The SMILES string of the molecule is CC1CCN(CCNC(=O)c2nnn(-c3ccc(Br)cc3)c2C2CC2)CC1. The minimum atomic E-state index is -0.106. The van der Waals surface area contributed by atoms with Gasteiger partial charge in [-0.05, 0) is 69.0 Å². The van der Waals surface area contributed by atoms with Gasteiger partial charge in [0.05, 0.1) is 11.4 Å². The number of halogens is 1. The summed E-state index contributed by atoms with van der Waals surface area (Å²) in [5.41, 5.74) is 2.36. The first-order valence-corrected chi connectivity index (χ1v) is 10.6. The van der Waals surface area contributed by atoms with Crippen molar-refractivity contribution in [2.75, 3.05) is 26.2 Å². The quantitative estimate of drug-likeness (QED) is 0.761. The Labute approximate surface area is 168 Å². The number of rotatable bonds is 6. The fraction of sp³-hybridized carbons (Fsp3) is 0.550. The Morgan fingerprint density at radius 3 is 2.56 bits per heavy atom. The number of nitrogens with zero attached hydrogens (tertiary/aromatic N) is 4. The van der Waals surface area contributed by atoms with Gasteiger partial charge in [-0.1, -0.05) is 28.1 Å². The van der Waals surface area contributed by atoms with Crippen LogP contribution in [0.3, 0.4) is 0 Å². The Hall–Kier alpha value is -1.73. The minimum Gasteiger partial charge on any atom is -0.349 e. The summed E-state index contributed by atoms with van der Waals surface area (Å²) in [6, 6.07) is 7.94. The molecule has 1 aliphatic carbocycles. The van der Waals surface area contributed by atoms with Crippen LogP contribution >= 0.6 is 15.9 Å². The van der Waals surface area contributed by atoms with Crippen molar-refractivity contribution in [3.8, 4) is 5.69 Å². The zero-order valence-electron chi connectivity index (χ0n) is 15.7. The lowest BCUT2D eigenvalue weighted by atomic mass is 9.99. The molecule has 6 nitrogen and oxygen atoms in total. The van der Waals surface area contributed by atoms with Gasteiger partial charge < -0.3 is 10.2 Å². The third-order valence-corrected chi connectivity index (χ3v) is 6.07. The predicted molar refractivity (Wildman–Crippen MR) is 108 cm³/mol. The molecule has 1 aliphatic heterocycles. The topological polar surface area (TPSA) is 63.1 Å². The summed E-state index contributed by atoms with van der Waals surface area (Å²) >= 11 is 3.46. The fourth-order valence-electron chi connectivity index (χ4n) is 3.64. The van der Waals surface area contributed by atoms with E-state index in [9.17, 15) is 4.79 Å². The van der Waals surface area contributed by atoms with Crippen LogP contribution in [0.25, 0.3) is 5.69 Å². The van der Waals surface area contributed by atoms with Gasteiger partial charge in [-0.2, -0.15) is 0 Å². The Morgan fingerprint density at radius 2 is 1.89 bits per heavy atom. The normalized spacial score (nSPS) is 18.6. The van der Waals surface area contributed by atoms with Gasteiger partial charge in [-0.15, -0.1) is 5.10 Å². The second-order valence-electron chi connectivity index (χ2n) is 7.77. The van der Waals surface area contributed by atoms with Gasteiger partial charge in [-0.25, -0.2) is 4.68 Å². The van der Waals surface area contributed by atoms with Crippen LogP contribution in [-0.2, 0) is 0 Å². The largest absolute Gasteiger partial charge is 0.349 e. The Kier molecular flexibility index (Phi) is 5.59. The Balaban J connectivity index is 1.42.